The molecule has 22 heteroatoms. The van der Waals surface area contributed by atoms with Crippen molar-refractivity contribution in [2.45, 2.75) is 130 Å². The lowest BCUT2D eigenvalue weighted by molar-refractivity contribution is -0.378. The second-order valence-corrected chi connectivity index (χ2v) is 11.9. The van der Waals surface area contributed by atoms with Gasteiger partial charge in [0, 0.05) is 6.92 Å². The van der Waals surface area contributed by atoms with E-state index in [1.54, 1.807) is 0 Å². The quantitative estimate of drug-likeness (QED) is 0.0947. The zero-order chi connectivity index (χ0) is 35.6. The van der Waals surface area contributed by atoms with Crippen molar-refractivity contribution in [3.63, 3.8) is 0 Å². The lowest BCUT2D eigenvalue weighted by Crippen LogP contribution is -2.68. The number of carbonyl (C=O) groups excluding carboxylic acids is 1. The maximum absolute atomic E-state index is 11.9. The van der Waals surface area contributed by atoms with Crippen molar-refractivity contribution < 1.29 is 104 Å². The Balaban J connectivity index is 1.61. The van der Waals surface area contributed by atoms with Crippen LogP contribution < -0.4 is 5.32 Å². The van der Waals surface area contributed by atoms with Crippen molar-refractivity contribution in [2.75, 3.05) is 26.4 Å². The molecule has 280 valence electrons. The van der Waals surface area contributed by atoms with Gasteiger partial charge in [0.1, 0.15) is 97.6 Å². The molecule has 0 unspecified atom stereocenters. The number of hydrogen-bond acceptors (Lipinski definition) is 21. The van der Waals surface area contributed by atoms with Gasteiger partial charge in [0.05, 0.1) is 26.4 Å². The Bertz CT molecular complexity index is 1030. The second kappa shape index (κ2) is 16.8. The largest absolute Gasteiger partial charge is 0.394 e. The number of carbonyl (C=O) groups is 1. The number of hydrogen-bond donors (Lipinski definition) is 14. The van der Waals surface area contributed by atoms with Crippen molar-refractivity contribution in [2.24, 2.45) is 0 Å². The van der Waals surface area contributed by atoms with Crippen LogP contribution in [0.5, 0.6) is 0 Å². The lowest BCUT2D eigenvalue weighted by Gasteiger charge is -2.49. The molecule has 4 rings (SSSR count). The van der Waals surface area contributed by atoms with Gasteiger partial charge < -0.3 is 105 Å². The first-order valence-corrected chi connectivity index (χ1v) is 15.1. The Kier molecular flexibility index (Phi) is 13.8. The van der Waals surface area contributed by atoms with E-state index in [0.717, 1.165) is 6.92 Å². The molecular formula is C26H45NO21. The molecule has 14 N–H and O–H groups in total. The fourth-order valence-electron chi connectivity index (χ4n) is 5.83. The van der Waals surface area contributed by atoms with E-state index in [9.17, 15) is 71.2 Å². The third-order valence-corrected chi connectivity index (χ3v) is 8.59. The minimum absolute atomic E-state index is 0.707. The van der Waals surface area contributed by atoms with Gasteiger partial charge in [-0.05, 0) is 0 Å². The molecule has 0 aromatic heterocycles. The van der Waals surface area contributed by atoms with E-state index in [0.29, 0.717) is 0 Å². The number of aliphatic hydroxyl groups excluding tert-OH is 13. The first-order chi connectivity index (χ1) is 22.6. The Morgan fingerprint density at radius 2 is 0.979 bits per heavy atom. The molecular weight excluding hydrogens is 662 g/mol. The molecule has 0 bridgehead atoms. The topological polar surface area (TPSA) is 357 Å². The monoisotopic (exact) mass is 707 g/mol. The Morgan fingerprint density at radius 1 is 0.542 bits per heavy atom. The normalized spacial score (nSPS) is 50.2. The molecule has 48 heavy (non-hydrogen) atoms. The van der Waals surface area contributed by atoms with Gasteiger partial charge in [0.2, 0.25) is 5.91 Å². The highest BCUT2D eigenvalue weighted by Gasteiger charge is 2.54. The minimum Gasteiger partial charge on any atom is -0.394 e. The number of nitrogens with one attached hydrogen (secondary N) is 1. The maximum Gasteiger partial charge on any atom is 0.217 e. The van der Waals surface area contributed by atoms with Crippen LogP contribution in [0.2, 0.25) is 0 Å². The van der Waals surface area contributed by atoms with Crippen molar-refractivity contribution in [1.82, 2.24) is 5.32 Å². The summed E-state index contributed by atoms with van der Waals surface area (Å²) < 4.78 is 38.4. The van der Waals surface area contributed by atoms with Gasteiger partial charge in [-0.3, -0.25) is 4.79 Å². The Labute approximate surface area is 272 Å². The third kappa shape index (κ3) is 8.24. The summed E-state index contributed by atoms with van der Waals surface area (Å²) in [5.41, 5.74) is 0. The van der Waals surface area contributed by atoms with Crippen molar-refractivity contribution >= 4 is 5.91 Å². The second-order valence-electron chi connectivity index (χ2n) is 11.9. The van der Waals surface area contributed by atoms with Gasteiger partial charge in [0.25, 0.3) is 0 Å². The molecule has 0 radical (unpaired) electrons. The molecule has 0 aromatic carbocycles. The van der Waals surface area contributed by atoms with Gasteiger partial charge in [-0.25, -0.2) is 0 Å². The summed E-state index contributed by atoms with van der Waals surface area (Å²) in [6.45, 7) is -2.14. The zero-order valence-corrected chi connectivity index (χ0v) is 25.5. The van der Waals surface area contributed by atoms with E-state index < -0.39 is 155 Å². The third-order valence-electron chi connectivity index (χ3n) is 8.59. The zero-order valence-electron chi connectivity index (χ0n) is 25.5. The van der Waals surface area contributed by atoms with E-state index in [4.69, 9.17) is 33.2 Å². The predicted octanol–water partition coefficient (Wildman–Crippen LogP) is -9.61. The molecule has 0 aliphatic carbocycles. The first-order valence-electron chi connectivity index (χ1n) is 15.1. The van der Waals surface area contributed by atoms with Gasteiger partial charge >= 0.3 is 0 Å². The van der Waals surface area contributed by atoms with E-state index in [1.807, 2.05) is 0 Å². The van der Waals surface area contributed by atoms with Crippen LogP contribution in [-0.2, 0) is 38.0 Å². The average Bonchev–Trinajstić information content (AvgIpc) is 3.05. The summed E-state index contributed by atoms with van der Waals surface area (Å²) in [5.74, 6) is -0.707. The highest BCUT2D eigenvalue weighted by molar-refractivity contribution is 5.73. The van der Waals surface area contributed by atoms with Gasteiger partial charge in [-0.2, -0.15) is 0 Å². The van der Waals surface area contributed by atoms with Crippen LogP contribution in [-0.4, -0.2) is 221 Å². The number of rotatable bonds is 11. The van der Waals surface area contributed by atoms with Crippen LogP contribution in [0.1, 0.15) is 6.92 Å². The molecule has 0 saturated carbocycles. The van der Waals surface area contributed by atoms with Crippen LogP contribution in [0.3, 0.4) is 0 Å². The van der Waals surface area contributed by atoms with Gasteiger partial charge in [0.15, 0.2) is 25.2 Å². The average molecular weight is 708 g/mol. The van der Waals surface area contributed by atoms with Crippen LogP contribution in [0.4, 0.5) is 0 Å². The highest BCUT2D eigenvalue weighted by Crippen LogP contribution is 2.33. The van der Waals surface area contributed by atoms with E-state index >= 15 is 0 Å². The van der Waals surface area contributed by atoms with Gasteiger partial charge in [-0.1, -0.05) is 0 Å². The van der Waals surface area contributed by atoms with Crippen LogP contribution in [0.15, 0.2) is 0 Å². The Hall–Kier alpha value is -1.33. The van der Waals surface area contributed by atoms with Crippen LogP contribution >= 0.6 is 0 Å². The van der Waals surface area contributed by atoms with Crippen molar-refractivity contribution in [3.05, 3.63) is 0 Å². The summed E-state index contributed by atoms with van der Waals surface area (Å²) in [6, 6.07) is -1.52. The lowest BCUT2D eigenvalue weighted by atomic mass is 9.95. The smallest absolute Gasteiger partial charge is 0.217 e. The summed E-state index contributed by atoms with van der Waals surface area (Å²) in [4.78, 5) is 11.9. The SMILES string of the molecule is CC(=O)N[C@@H]1[C@@H](O[C@@H]2O[C@H](CO[C@H]3O[C@H](CO)[C@H](O)[C@H](O)[C@H]3O)[C@H](O)[C@H](O[C@H]3O[C@H](CO)[C@H](O)[C@H](O)[C@H]3O)[C@H]2O)[C@@H](O)[C@@H](CO)O[C@H]1O. The predicted molar refractivity (Wildman–Crippen MR) is 145 cm³/mol. The van der Waals surface area contributed by atoms with Gasteiger partial charge in [-0.15, -0.1) is 0 Å². The minimum atomic E-state index is -2.08. The van der Waals surface area contributed by atoms with E-state index in [-0.39, 0.29) is 0 Å². The van der Waals surface area contributed by atoms with Crippen molar-refractivity contribution in [1.29, 1.82) is 0 Å². The molecule has 22 nitrogen and oxygen atoms in total. The summed E-state index contributed by atoms with van der Waals surface area (Å²) >= 11 is 0. The molecule has 20 atom stereocenters. The highest BCUT2D eigenvalue weighted by atomic mass is 16.8. The molecule has 4 fully saturated rings. The van der Waals surface area contributed by atoms with E-state index in [1.165, 1.54) is 0 Å². The first kappa shape index (κ1) is 39.5. The fraction of sp³-hybridized carbons (Fsp3) is 0.962. The van der Waals surface area contributed by atoms with Crippen LogP contribution in [0, 0.1) is 0 Å². The summed E-state index contributed by atoms with van der Waals surface area (Å²) in [5, 5.41) is 136. The molecule has 4 aliphatic heterocycles. The maximum atomic E-state index is 11.9. The number of aliphatic hydroxyl groups is 13. The standard InChI is InChI=1S/C26H45NO21/c1-6(31)27-11-21(14(34)9(4-30)43-23(11)41)47-26-20(40)22(48-25-19(39)17(37)13(33)8(3-29)45-25)15(35)10(46-26)5-42-24-18(38)16(36)12(32)7(2-28)44-24/h7-26,28-30,32-41H,2-5H2,1H3,(H,27,31)/t7-,8-,9-,10-,11-,12+,13+,14+,15+,16+,17+,18-,19-,20-,21-,22+,23-,24+,25-,26+/m1/s1. The number of amides is 1. The van der Waals surface area contributed by atoms with Crippen LogP contribution in [0.25, 0.3) is 0 Å². The van der Waals surface area contributed by atoms with Crippen molar-refractivity contribution in [3.8, 4) is 0 Å². The number of ether oxygens (including phenoxy) is 7. The molecule has 1 amide bonds. The van der Waals surface area contributed by atoms with E-state index in [2.05, 4.69) is 5.32 Å². The molecule has 4 saturated heterocycles. The Morgan fingerprint density at radius 3 is 1.52 bits per heavy atom. The molecule has 0 spiro atoms. The summed E-state index contributed by atoms with van der Waals surface area (Å²) in [6.07, 6.45) is -33.8. The molecule has 4 aliphatic rings. The molecule has 4 heterocycles. The summed E-state index contributed by atoms with van der Waals surface area (Å²) in [7, 11) is 0. The molecule has 0 aromatic rings. The fourth-order valence-corrected chi connectivity index (χ4v) is 5.83.